The van der Waals surface area contributed by atoms with Crippen molar-refractivity contribution in [1.82, 2.24) is 15.3 Å². The molecule has 2 heterocycles. The first kappa shape index (κ1) is 17.2. The van der Waals surface area contributed by atoms with Gasteiger partial charge in [-0.3, -0.25) is 4.79 Å². The van der Waals surface area contributed by atoms with Gasteiger partial charge in [0.05, 0.1) is 6.42 Å². The van der Waals surface area contributed by atoms with E-state index in [2.05, 4.69) is 20.2 Å². The van der Waals surface area contributed by atoms with E-state index in [-0.39, 0.29) is 24.1 Å². The Kier molecular flexibility index (Phi) is 5.16. The predicted molar refractivity (Wildman–Crippen MR) is 96.7 cm³/mol. The zero-order valence-corrected chi connectivity index (χ0v) is 14.7. The number of nitrogens with zero attached hydrogens (tertiary/aromatic N) is 3. The topological polar surface area (TPSA) is 78.4 Å². The van der Waals surface area contributed by atoms with Crippen LogP contribution in [0.4, 0.5) is 5.82 Å². The van der Waals surface area contributed by atoms with E-state index in [9.17, 15) is 9.90 Å². The minimum Gasteiger partial charge on any atom is -0.508 e. The largest absolute Gasteiger partial charge is 0.508 e. The molecule has 3 rings (SSSR count). The summed E-state index contributed by atoms with van der Waals surface area (Å²) >= 11 is 0. The third-order valence-corrected chi connectivity index (χ3v) is 4.48. The van der Waals surface area contributed by atoms with Crippen molar-refractivity contribution in [3.05, 3.63) is 47.4 Å². The number of amides is 1. The molecule has 1 fully saturated rings. The number of anilines is 1. The summed E-state index contributed by atoms with van der Waals surface area (Å²) in [4.78, 5) is 23.3. The van der Waals surface area contributed by atoms with E-state index in [1.807, 2.05) is 26.0 Å². The first-order valence-electron chi connectivity index (χ1n) is 8.65. The summed E-state index contributed by atoms with van der Waals surface area (Å²) < 4.78 is 0. The van der Waals surface area contributed by atoms with Crippen molar-refractivity contribution in [2.75, 3.05) is 18.0 Å². The normalized spacial score (nSPS) is 15.2. The quantitative estimate of drug-likeness (QED) is 0.891. The van der Waals surface area contributed by atoms with Crippen molar-refractivity contribution < 1.29 is 9.90 Å². The first-order valence-corrected chi connectivity index (χ1v) is 8.65. The third kappa shape index (κ3) is 4.47. The average Bonchev–Trinajstić information content (AvgIpc) is 2.57. The zero-order chi connectivity index (χ0) is 17.8. The van der Waals surface area contributed by atoms with Crippen LogP contribution in [0.15, 0.2) is 30.3 Å². The second-order valence-electron chi connectivity index (χ2n) is 6.55. The number of aromatic nitrogens is 2. The van der Waals surface area contributed by atoms with Crippen LogP contribution in [0, 0.1) is 13.8 Å². The molecule has 0 aliphatic carbocycles. The number of hydrogen-bond donors (Lipinski definition) is 2. The molecule has 132 valence electrons. The maximum Gasteiger partial charge on any atom is 0.224 e. The highest BCUT2D eigenvalue weighted by Gasteiger charge is 2.22. The molecule has 1 amide bonds. The highest BCUT2D eigenvalue weighted by molar-refractivity contribution is 5.79. The van der Waals surface area contributed by atoms with Crippen LogP contribution in [0.5, 0.6) is 5.75 Å². The van der Waals surface area contributed by atoms with Crippen LogP contribution >= 0.6 is 0 Å². The van der Waals surface area contributed by atoms with Crippen molar-refractivity contribution in [1.29, 1.82) is 0 Å². The van der Waals surface area contributed by atoms with Crippen LogP contribution in [0.25, 0.3) is 0 Å². The van der Waals surface area contributed by atoms with Crippen molar-refractivity contribution >= 4 is 11.7 Å². The summed E-state index contributed by atoms with van der Waals surface area (Å²) in [6, 6.07) is 9.13. The number of carbonyl (C=O) groups is 1. The maximum atomic E-state index is 12.2. The SMILES string of the molecule is Cc1cc(N2CCC(NC(=O)Cc3ccccc3O)CC2)nc(C)n1. The maximum absolute atomic E-state index is 12.2. The Labute approximate surface area is 147 Å². The number of nitrogens with one attached hydrogen (secondary N) is 1. The van der Waals surface area contributed by atoms with Gasteiger partial charge < -0.3 is 15.3 Å². The van der Waals surface area contributed by atoms with Gasteiger partial charge >= 0.3 is 0 Å². The molecule has 0 atom stereocenters. The fourth-order valence-electron chi connectivity index (χ4n) is 3.22. The Hall–Kier alpha value is -2.63. The van der Waals surface area contributed by atoms with Gasteiger partial charge in [0.15, 0.2) is 0 Å². The van der Waals surface area contributed by atoms with Crippen LogP contribution in [0.1, 0.15) is 29.9 Å². The van der Waals surface area contributed by atoms with Crippen LogP contribution in [-0.4, -0.2) is 40.1 Å². The minimum atomic E-state index is -0.0475. The monoisotopic (exact) mass is 340 g/mol. The Balaban J connectivity index is 1.52. The molecule has 1 saturated heterocycles. The molecule has 0 bridgehead atoms. The number of para-hydroxylation sites is 1. The summed E-state index contributed by atoms with van der Waals surface area (Å²) in [5.41, 5.74) is 1.63. The third-order valence-electron chi connectivity index (χ3n) is 4.48. The number of phenolic OH excluding ortho intramolecular Hbond substituents is 1. The fraction of sp³-hybridized carbons (Fsp3) is 0.421. The second kappa shape index (κ2) is 7.51. The Morgan fingerprint density at radius 1 is 1.24 bits per heavy atom. The van der Waals surface area contributed by atoms with Crippen molar-refractivity contribution in [2.24, 2.45) is 0 Å². The first-order chi connectivity index (χ1) is 12.0. The molecule has 0 spiro atoms. The number of piperidine rings is 1. The van der Waals surface area contributed by atoms with Crippen LogP contribution < -0.4 is 10.2 Å². The second-order valence-corrected chi connectivity index (χ2v) is 6.55. The highest BCUT2D eigenvalue weighted by atomic mass is 16.3. The number of carbonyl (C=O) groups excluding carboxylic acids is 1. The summed E-state index contributed by atoms with van der Waals surface area (Å²) in [5.74, 6) is 1.87. The predicted octanol–water partition coefficient (Wildman–Crippen LogP) is 2.13. The zero-order valence-electron chi connectivity index (χ0n) is 14.7. The highest BCUT2D eigenvalue weighted by Crippen LogP contribution is 2.20. The lowest BCUT2D eigenvalue weighted by Gasteiger charge is -2.33. The Morgan fingerprint density at radius 3 is 2.64 bits per heavy atom. The Morgan fingerprint density at radius 2 is 1.96 bits per heavy atom. The summed E-state index contributed by atoms with van der Waals surface area (Å²) in [6.45, 7) is 5.60. The number of aryl methyl sites for hydroxylation is 2. The van der Waals surface area contributed by atoms with E-state index < -0.39 is 0 Å². The van der Waals surface area contributed by atoms with Crippen molar-refractivity contribution in [3.63, 3.8) is 0 Å². The summed E-state index contributed by atoms with van der Waals surface area (Å²) in [5, 5.41) is 12.9. The molecule has 0 unspecified atom stereocenters. The number of rotatable bonds is 4. The van der Waals surface area contributed by atoms with Gasteiger partial charge in [0.25, 0.3) is 0 Å². The lowest BCUT2D eigenvalue weighted by Crippen LogP contribution is -2.45. The number of phenols is 1. The molecular weight excluding hydrogens is 316 g/mol. The van der Waals surface area contributed by atoms with E-state index in [0.717, 1.165) is 43.3 Å². The summed E-state index contributed by atoms with van der Waals surface area (Å²) in [7, 11) is 0. The molecular formula is C19H24N4O2. The van der Waals surface area contributed by atoms with Crippen molar-refractivity contribution in [2.45, 2.75) is 39.2 Å². The van der Waals surface area contributed by atoms with E-state index in [1.54, 1.807) is 18.2 Å². The van der Waals surface area contributed by atoms with E-state index in [1.165, 1.54) is 0 Å². The molecule has 0 saturated carbocycles. The summed E-state index contributed by atoms with van der Waals surface area (Å²) in [6.07, 6.45) is 1.97. The van der Waals surface area contributed by atoms with Gasteiger partial charge in [-0.05, 0) is 32.8 Å². The minimum absolute atomic E-state index is 0.0475. The average molecular weight is 340 g/mol. The van der Waals surface area contributed by atoms with E-state index in [0.29, 0.717) is 5.56 Å². The molecule has 1 aliphatic heterocycles. The molecule has 1 aromatic carbocycles. The molecule has 2 N–H and O–H groups in total. The van der Waals surface area contributed by atoms with Gasteiger partial charge in [-0.25, -0.2) is 9.97 Å². The molecule has 25 heavy (non-hydrogen) atoms. The molecule has 1 aromatic heterocycles. The lowest BCUT2D eigenvalue weighted by molar-refractivity contribution is -0.121. The van der Waals surface area contributed by atoms with Gasteiger partial charge in [0.2, 0.25) is 5.91 Å². The Bertz CT molecular complexity index is 735. The smallest absolute Gasteiger partial charge is 0.224 e. The molecule has 1 aliphatic rings. The number of hydrogen-bond acceptors (Lipinski definition) is 5. The van der Waals surface area contributed by atoms with Crippen LogP contribution in [0.2, 0.25) is 0 Å². The molecule has 2 aromatic rings. The molecule has 0 radical (unpaired) electrons. The fourth-order valence-corrected chi connectivity index (χ4v) is 3.22. The lowest BCUT2D eigenvalue weighted by atomic mass is 10.0. The van der Waals surface area contributed by atoms with Gasteiger partial charge in [0.1, 0.15) is 17.4 Å². The van der Waals surface area contributed by atoms with Gasteiger partial charge in [-0.15, -0.1) is 0 Å². The van der Waals surface area contributed by atoms with Crippen LogP contribution in [-0.2, 0) is 11.2 Å². The number of aromatic hydroxyl groups is 1. The molecule has 6 nitrogen and oxygen atoms in total. The number of benzene rings is 1. The molecule has 6 heteroatoms. The van der Waals surface area contributed by atoms with Gasteiger partial charge in [-0.1, -0.05) is 18.2 Å². The van der Waals surface area contributed by atoms with E-state index in [4.69, 9.17) is 0 Å². The standard InChI is InChI=1S/C19H24N4O2/c1-13-11-18(21-14(2)20-13)23-9-7-16(8-10-23)22-19(25)12-15-5-3-4-6-17(15)24/h3-6,11,16,24H,7-10,12H2,1-2H3,(H,22,25). The van der Waals surface area contributed by atoms with Crippen molar-refractivity contribution in [3.8, 4) is 5.75 Å². The van der Waals surface area contributed by atoms with Gasteiger partial charge in [0, 0.05) is 36.5 Å². The van der Waals surface area contributed by atoms with Gasteiger partial charge in [-0.2, -0.15) is 0 Å². The van der Waals surface area contributed by atoms with Crippen LogP contribution in [0.3, 0.4) is 0 Å². The van der Waals surface area contributed by atoms with E-state index >= 15 is 0 Å².